The lowest BCUT2D eigenvalue weighted by atomic mass is 10.2. The van der Waals surface area contributed by atoms with Gasteiger partial charge in [-0.2, -0.15) is 0 Å². The highest BCUT2D eigenvalue weighted by Gasteiger charge is 2.07. The fourth-order valence-electron chi connectivity index (χ4n) is 0.942. The Balaban J connectivity index is 3.24. The topological polar surface area (TPSA) is 9.23 Å². The molecule has 1 rings (SSSR count). The number of halogens is 3. The maximum Gasteiger partial charge on any atom is 0.141 e. The molecule has 0 unspecified atom stereocenters. The van der Waals surface area contributed by atoms with Gasteiger partial charge in [0.25, 0.3) is 0 Å². The first-order chi connectivity index (χ1) is 5.69. The van der Waals surface area contributed by atoms with Gasteiger partial charge >= 0.3 is 0 Å². The van der Waals surface area contributed by atoms with Crippen molar-refractivity contribution in [3.63, 3.8) is 0 Å². The molecule has 0 heterocycles. The first kappa shape index (κ1) is 9.97. The molecule has 0 fully saturated rings. The summed E-state index contributed by atoms with van der Waals surface area (Å²) >= 11 is 17.3. The minimum atomic E-state index is 0.337. The molecule has 0 atom stereocenters. The van der Waals surface area contributed by atoms with Crippen LogP contribution in [0, 0.1) is 0 Å². The Morgan fingerprint density at radius 1 is 1.33 bits per heavy atom. The monoisotopic (exact) mass is 224 g/mol. The van der Waals surface area contributed by atoms with Crippen LogP contribution < -0.4 is 4.74 Å². The second-order valence-electron chi connectivity index (χ2n) is 2.21. The maximum absolute atomic E-state index is 5.85. The highest BCUT2D eigenvalue weighted by molar-refractivity contribution is 6.35. The normalized spacial score (nSPS) is 10.0. The zero-order valence-corrected chi connectivity index (χ0v) is 8.67. The molecule has 0 saturated carbocycles. The Morgan fingerprint density at radius 2 is 2.00 bits per heavy atom. The van der Waals surface area contributed by atoms with Gasteiger partial charge in [0.2, 0.25) is 0 Å². The van der Waals surface area contributed by atoms with Gasteiger partial charge in [0.1, 0.15) is 5.75 Å². The molecule has 0 aliphatic carbocycles. The number of rotatable bonds is 2. The minimum Gasteiger partial charge on any atom is -0.495 e. The third-order valence-electron chi connectivity index (χ3n) is 1.43. The van der Waals surface area contributed by atoms with Crippen LogP contribution in [0.1, 0.15) is 5.56 Å². The van der Waals surface area contributed by atoms with Gasteiger partial charge in [-0.25, -0.2) is 0 Å². The van der Waals surface area contributed by atoms with E-state index in [4.69, 9.17) is 39.5 Å². The lowest BCUT2D eigenvalue weighted by molar-refractivity contribution is 0.411. The number of methoxy groups -OCH3 is 1. The highest BCUT2D eigenvalue weighted by Crippen LogP contribution is 2.32. The van der Waals surface area contributed by atoms with Crippen LogP contribution in [0.15, 0.2) is 12.1 Å². The van der Waals surface area contributed by atoms with Crippen molar-refractivity contribution in [2.75, 3.05) is 7.11 Å². The third kappa shape index (κ3) is 1.98. The quantitative estimate of drug-likeness (QED) is 0.697. The summed E-state index contributed by atoms with van der Waals surface area (Å²) in [5.74, 6) is 0.930. The van der Waals surface area contributed by atoms with E-state index in [2.05, 4.69) is 0 Å². The van der Waals surface area contributed by atoms with Gasteiger partial charge in [-0.1, -0.05) is 23.2 Å². The number of alkyl halides is 1. The Kier molecular flexibility index (Phi) is 3.51. The Hall–Kier alpha value is -0.110. The molecule has 0 aromatic heterocycles. The molecule has 1 aromatic rings. The van der Waals surface area contributed by atoms with Gasteiger partial charge < -0.3 is 4.74 Å². The zero-order chi connectivity index (χ0) is 9.14. The molecule has 0 spiro atoms. The predicted molar refractivity (Wildman–Crippen MR) is 52.6 cm³/mol. The van der Waals surface area contributed by atoms with E-state index in [9.17, 15) is 0 Å². The zero-order valence-electron chi connectivity index (χ0n) is 6.40. The standard InChI is InChI=1S/C8H7Cl3O/c1-12-8-5(4-9)2-6(10)3-7(8)11/h2-3H,4H2,1H3. The largest absolute Gasteiger partial charge is 0.495 e. The van der Waals surface area contributed by atoms with Crippen LogP contribution >= 0.6 is 34.8 Å². The number of ether oxygens (including phenoxy) is 1. The van der Waals surface area contributed by atoms with Crippen molar-refractivity contribution in [1.82, 2.24) is 0 Å². The molecule has 0 N–H and O–H groups in total. The molecule has 0 radical (unpaired) electrons. The number of hydrogen-bond acceptors (Lipinski definition) is 1. The fraction of sp³-hybridized carbons (Fsp3) is 0.250. The summed E-state index contributed by atoms with van der Waals surface area (Å²) in [6.45, 7) is 0. The summed E-state index contributed by atoms with van der Waals surface area (Å²) in [5.41, 5.74) is 0.802. The molecule has 1 nitrogen and oxygen atoms in total. The van der Waals surface area contributed by atoms with Crippen LogP contribution in [0.3, 0.4) is 0 Å². The highest BCUT2D eigenvalue weighted by atomic mass is 35.5. The first-order valence-electron chi connectivity index (χ1n) is 3.27. The first-order valence-corrected chi connectivity index (χ1v) is 4.56. The fourth-order valence-corrected chi connectivity index (χ4v) is 1.75. The summed E-state index contributed by atoms with van der Waals surface area (Å²) in [4.78, 5) is 0. The van der Waals surface area contributed by atoms with E-state index < -0.39 is 0 Å². The van der Waals surface area contributed by atoms with Crippen LogP contribution in [0.5, 0.6) is 5.75 Å². The molecule has 0 aliphatic rings. The van der Waals surface area contributed by atoms with Crippen molar-refractivity contribution < 1.29 is 4.74 Å². The minimum absolute atomic E-state index is 0.337. The summed E-state index contributed by atoms with van der Waals surface area (Å²) in [6, 6.07) is 3.36. The van der Waals surface area contributed by atoms with Crippen LogP contribution in [0.2, 0.25) is 10.0 Å². The van der Waals surface area contributed by atoms with E-state index >= 15 is 0 Å². The van der Waals surface area contributed by atoms with Gasteiger partial charge in [0.05, 0.1) is 18.0 Å². The van der Waals surface area contributed by atoms with Crippen LogP contribution in [-0.2, 0) is 5.88 Å². The van der Waals surface area contributed by atoms with Crippen LogP contribution in [0.25, 0.3) is 0 Å². The maximum atomic E-state index is 5.85. The van der Waals surface area contributed by atoms with E-state index in [1.165, 1.54) is 0 Å². The summed E-state index contributed by atoms with van der Waals surface area (Å²) in [7, 11) is 1.55. The van der Waals surface area contributed by atoms with Crippen molar-refractivity contribution in [2.24, 2.45) is 0 Å². The molecule has 4 heteroatoms. The van der Waals surface area contributed by atoms with E-state index in [1.54, 1.807) is 19.2 Å². The van der Waals surface area contributed by atoms with E-state index in [1.807, 2.05) is 0 Å². The number of benzene rings is 1. The summed E-state index contributed by atoms with van der Waals surface area (Å²) < 4.78 is 5.05. The van der Waals surface area contributed by atoms with Crippen molar-refractivity contribution in [3.05, 3.63) is 27.7 Å². The van der Waals surface area contributed by atoms with Gasteiger partial charge in [-0.15, -0.1) is 11.6 Å². The van der Waals surface area contributed by atoms with Crippen LogP contribution in [-0.4, -0.2) is 7.11 Å². The Morgan fingerprint density at radius 3 is 2.50 bits per heavy atom. The van der Waals surface area contributed by atoms with E-state index in [0.29, 0.717) is 21.7 Å². The SMILES string of the molecule is COc1c(Cl)cc(Cl)cc1CCl. The van der Waals surface area contributed by atoms with Gasteiger partial charge in [0.15, 0.2) is 0 Å². The second-order valence-corrected chi connectivity index (χ2v) is 3.32. The molecule has 0 bridgehead atoms. The van der Waals surface area contributed by atoms with E-state index in [-0.39, 0.29) is 0 Å². The molecule has 0 amide bonds. The van der Waals surface area contributed by atoms with Gasteiger partial charge in [0, 0.05) is 10.6 Å². The lowest BCUT2D eigenvalue weighted by Crippen LogP contribution is -1.90. The van der Waals surface area contributed by atoms with Gasteiger partial charge in [-0.05, 0) is 12.1 Å². The second kappa shape index (κ2) is 4.22. The van der Waals surface area contributed by atoms with Crippen molar-refractivity contribution in [2.45, 2.75) is 5.88 Å². The summed E-state index contributed by atoms with van der Waals surface area (Å²) in [6.07, 6.45) is 0. The average molecular weight is 226 g/mol. The molecular formula is C8H7Cl3O. The molecule has 0 saturated heterocycles. The Labute approximate surface area is 86.2 Å². The molecule has 0 aliphatic heterocycles. The number of hydrogen-bond donors (Lipinski definition) is 0. The van der Waals surface area contributed by atoms with Crippen molar-refractivity contribution >= 4 is 34.8 Å². The summed E-state index contributed by atoms with van der Waals surface area (Å²) in [5, 5.41) is 1.05. The average Bonchev–Trinajstić information content (AvgIpc) is 2.03. The molecule has 66 valence electrons. The lowest BCUT2D eigenvalue weighted by Gasteiger charge is -2.07. The van der Waals surface area contributed by atoms with Gasteiger partial charge in [-0.3, -0.25) is 0 Å². The molecule has 12 heavy (non-hydrogen) atoms. The predicted octanol–water partition coefficient (Wildman–Crippen LogP) is 3.74. The molecular weight excluding hydrogens is 218 g/mol. The smallest absolute Gasteiger partial charge is 0.141 e. The third-order valence-corrected chi connectivity index (χ3v) is 2.22. The van der Waals surface area contributed by atoms with Crippen molar-refractivity contribution in [3.8, 4) is 5.75 Å². The van der Waals surface area contributed by atoms with E-state index in [0.717, 1.165) is 5.56 Å². The van der Waals surface area contributed by atoms with Crippen LogP contribution in [0.4, 0.5) is 0 Å². The molecule has 1 aromatic carbocycles. The van der Waals surface area contributed by atoms with Crippen molar-refractivity contribution in [1.29, 1.82) is 0 Å². The Bertz CT molecular complexity index is 286.